The lowest BCUT2D eigenvalue weighted by atomic mass is 10.2. The van der Waals surface area contributed by atoms with Crippen molar-refractivity contribution in [2.24, 2.45) is 5.92 Å². The van der Waals surface area contributed by atoms with E-state index in [-0.39, 0.29) is 10.8 Å². The fourth-order valence-corrected chi connectivity index (χ4v) is 2.01. The second-order valence-electron chi connectivity index (χ2n) is 4.69. The van der Waals surface area contributed by atoms with Crippen LogP contribution in [0.4, 0.5) is 0 Å². The molecule has 0 aliphatic heterocycles. The van der Waals surface area contributed by atoms with E-state index in [4.69, 9.17) is 4.52 Å². The fourth-order valence-electron chi connectivity index (χ4n) is 2.01. The maximum Gasteiger partial charge on any atom is 0.232 e. The molecule has 0 saturated heterocycles. The molecule has 0 bridgehead atoms. The van der Waals surface area contributed by atoms with Gasteiger partial charge in [0.1, 0.15) is 11.7 Å². The number of amides is 1. The molecule has 2 rings (SSSR count). The van der Waals surface area contributed by atoms with Crippen molar-refractivity contribution in [2.45, 2.75) is 32.9 Å². The molecule has 1 heterocycles. The molecule has 1 aliphatic carbocycles. The highest BCUT2D eigenvalue weighted by Gasteiger charge is 2.54. The first kappa shape index (κ1) is 12.5. The van der Waals surface area contributed by atoms with Crippen molar-refractivity contribution in [2.75, 3.05) is 7.05 Å². The summed E-state index contributed by atoms with van der Waals surface area (Å²) in [5.41, 5.74) is 1.61. The molecular formula is C11H15N3O4. The van der Waals surface area contributed by atoms with Crippen molar-refractivity contribution in [3.05, 3.63) is 27.1 Å². The van der Waals surface area contributed by atoms with Gasteiger partial charge in [-0.3, -0.25) is 14.9 Å². The van der Waals surface area contributed by atoms with E-state index >= 15 is 0 Å². The van der Waals surface area contributed by atoms with Gasteiger partial charge in [0, 0.05) is 24.0 Å². The van der Waals surface area contributed by atoms with Crippen LogP contribution < -0.4 is 0 Å². The number of rotatable bonds is 4. The summed E-state index contributed by atoms with van der Waals surface area (Å²) in [7, 11) is 1.64. The number of hydrogen-bond acceptors (Lipinski definition) is 5. The molecule has 1 amide bonds. The average molecular weight is 253 g/mol. The predicted molar refractivity (Wildman–Crippen MR) is 61.3 cm³/mol. The number of nitrogens with zero attached hydrogens (tertiary/aromatic N) is 3. The third-order valence-corrected chi connectivity index (χ3v) is 3.30. The van der Waals surface area contributed by atoms with E-state index in [1.54, 1.807) is 20.9 Å². The Morgan fingerprint density at radius 1 is 1.61 bits per heavy atom. The van der Waals surface area contributed by atoms with Gasteiger partial charge in [-0.1, -0.05) is 5.16 Å². The second kappa shape index (κ2) is 4.40. The van der Waals surface area contributed by atoms with E-state index in [9.17, 15) is 14.9 Å². The molecule has 2 atom stereocenters. The summed E-state index contributed by atoms with van der Waals surface area (Å²) in [5, 5.41) is 14.3. The second-order valence-corrected chi connectivity index (χ2v) is 4.69. The minimum atomic E-state index is -0.704. The van der Waals surface area contributed by atoms with Crippen molar-refractivity contribution in [1.29, 1.82) is 0 Å². The molecule has 7 nitrogen and oxygen atoms in total. The van der Waals surface area contributed by atoms with Gasteiger partial charge in [-0.05, 0) is 13.8 Å². The smallest absolute Gasteiger partial charge is 0.232 e. The molecule has 0 N–H and O–H groups in total. The Bertz CT molecular complexity index is 477. The van der Waals surface area contributed by atoms with Crippen LogP contribution in [-0.2, 0) is 11.3 Å². The van der Waals surface area contributed by atoms with Gasteiger partial charge >= 0.3 is 0 Å². The molecule has 1 fully saturated rings. The Hall–Kier alpha value is -1.92. The van der Waals surface area contributed by atoms with Crippen molar-refractivity contribution in [3.63, 3.8) is 0 Å². The van der Waals surface area contributed by atoms with E-state index in [0.717, 1.165) is 11.3 Å². The Kier molecular flexibility index (Phi) is 3.06. The molecule has 0 unspecified atom stereocenters. The summed E-state index contributed by atoms with van der Waals surface area (Å²) in [5.74, 6) is 0.0240. The lowest BCUT2D eigenvalue weighted by Gasteiger charge is -2.16. The summed E-state index contributed by atoms with van der Waals surface area (Å²) in [4.78, 5) is 23.6. The van der Waals surface area contributed by atoms with Crippen LogP contribution in [0, 0.1) is 29.9 Å². The molecule has 0 spiro atoms. The van der Waals surface area contributed by atoms with Crippen LogP contribution in [0.3, 0.4) is 0 Å². The van der Waals surface area contributed by atoms with Crippen molar-refractivity contribution in [3.8, 4) is 0 Å². The number of aromatic nitrogens is 1. The van der Waals surface area contributed by atoms with Gasteiger partial charge < -0.3 is 9.42 Å². The first-order valence-electron chi connectivity index (χ1n) is 5.72. The minimum absolute atomic E-state index is 0.184. The van der Waals surface area contributed by atoms with Crippen LogP contribution in [0.1, 0.15) is 23.4 Å². The number of aryl methyl sites for hydroxylation is 2. The highest BCUT2D eigenvalue weighted by Crippen LogP contribution is 2.34. The van der Waals surface area contributed by atoms with E-state index in [1.807, 2.05) is 0 Å². The molecule has 1 aromatic rings. The van der Waals surface area contributed by atoms with E-state index in [1.165, 1.54) is 4.90 Å². The molecule has 7 heteroatoms. The molecule has 98 valence electrons. The number of carbonyl (C=O) groups is 1. The fraction of sp³-hybridized carbons (Fsp3) is 0.636. The average Bonchev–Trinajstić information content (AvgIpc) is 3.05. The maximum absolute atomic E-state index is 11.9. The molecule has 0 aromatic carbocycles. The number of hydrogen-bond donors (Lipinski definition) is 0. The zero-order valence-electron chi connectivity index (χ0n) is 10.5. The molecular weight excluding hydrogens is 238 g/mol. The van der Waals surface area contributed by atoms with Crippen LogP contribution >= 0.6 is 0 Å². The lowest BCUT2D eigenvalue weighted by molar-refractivity contribution is -0.497. The lowest BCUT2D eigenvalue weighted by Crippen LogP contribution is -2.29. The van der Waals surface area contributed by atoms with Crippen LogP contribution in [0.25, 0.3) is 0 Å². The first-order valence-corrected chi connectivity index (χ1v) is 5.72. The van der Waals surface area contributed by atoms with Crippen LogP contribution in [0.15, 0.2) is 4.52 Å². The molecule has 1 aromatic heterocycles. The normalized spacial score (nSPS) is 21.7. The van der Waals surface area contributed by atoms with Gasteiger partial charge in [0.05, 0.1) is 12.2 Å². The first-order chi connectivity index (χ1) is 8.41. The topological polar surface area (TPSA) is 89.5 Å². The Balaban J connectivity index is 1.99. The molecule has 1 saturated carbocycles. The van der Waals surface area contributed by atoms with Crippen LogP contribution in [0.2, 0.25) is 0 Å². The largest absolute Gasteiger partial charge is 0.361 e. The molecule has 18 heavy (non-hydrogen) atoms. The van der Waals surface area contributed by atoms with Gasteiger partial charge in [0.25, 0.3) is 0 Å². The van der Waals surface area contributed by atoms with E-state index in [2.05, 4.69) is 5.16 Å². The summed E-state index contributed by atoms with van der Waals surface area (Å²) in [6.07, 6.45) is 0.345. The predicted octanol–water partition coefficient (Wildman–Crippen LogP) is 0.915. The van der Waals surface area contributed by atoms with Crippen LogP contribution in [-0.4, -0.2) is 34.0 Å². The van der Waals surface area contributed by atoms with Crippen LogP contribution in [0.5, 0.6) is 0 Å². The Labute approximate surface area is 104 Å². The van der Waals surface area contributed by atoms with Crippen molar-refractivity contribution < 1.29 is 14.2 Å². The zero-order valence-corrected chi connectivity index (χ0v) is 10.5. The SMILES string of the molecule is Cc1noc(C)c1CN(C)C(=O)[C@@H]1C[C@@H]1[N+](=O)[O-]. The Morgan fingerprint density at radius 2 is 2.28 bits per heavy atom. The molecule has 1 aliphatic rings. The molecule has 0 radical (unpaired) electrons. The van der Waals surface area contributed by atoms with Gasteiger partial charge in [-0.2, -0.15) is 0 Å². The summed E-state index contributed by atoms with van der Waals surface area (Å²) in [6.45, 7) is 3.96. The Morgan fingerprint density at radius 3 is 2.72 bits per heavy atom. The highest BCUT2D eigenvalue weighted by atomic mass is 16.6. The summed E-state index contributed by atoms with van der Waals surface area (Å²) >= 11 is 0. The number of carbonyl (C=O) groups excluding carboxylic acids is 1. The minimum Gasteiger partial charge on any atom is -0.361 e. The van der Waals surface area contributed by atoms with Gasteiger partial charge in [-0.15, -0.1) is 0 Å². The van der Waals surface area contributed by atoms with Gasteiger partial charge in [0.15, 0.2) is 0 Å². The monoisotopic (exact) mass is 253 g/mol. The summed E-state index contributed by atoms with van der Waals surface area (Å²) < 4.78 is 5.02. The highest BCUT2D eigenvalue weighted by molar-refractivity contribution is 5.81. The van der Waals surface area contributed by atoms with E-state index < -0.39 is 12.0 Å². The quantitative estimate of drug-likeness (QED) is 0.587. The third kappa shape index (κ3) is 2.20. The third-order valence-electron chi connectivity index (χ3n) is 3.30. The van der Waals surface area contributed by atoms with Gasteiger partial charge in [-0.25, -0.2) is 0 Å². The zero-order chi connectivity index (χ0) is 13.4. The standard InChI is InChI=1S/C11H15N3O4/c1-6-9(7(2)18-12-6)5-13(3)11(15)8-4-10(8)14(16)17/h8,10H,4-5H2,1-3H3/t8-,10+/m1/s1. The maximum atomic E-state index is 11.9. The van der Waals surface area contributed by atoms with Gasteiger partial charge in [0.2, 0.25) is 11.9 Å². The van der Waals surface area contributed by atoms with Crippen molar-refractivity contribution >= 4 is 5.91 Å². The summed E-state index contributed by atoms with van der Waals surface area (Å²) in [6, 6.07) is -0.704. The van der Waals surface area contributed by atoms with E-state index in [0.29, 0.717) is 18.7 Å². The van der Waals surface area contributed by atoms with Crippen molar-refractivity contribution in [1.82, 2.24) is 10.1 Å². The number of nitro groups is 1.